The molecule has 0 radical (unpaired) electrons. The van der Waals surface area contributed by atoms with Crippen molar-refractivity contribution in [3.63, 3.8) is 0 Å². The first-order chi connectivity index (χ1) is 14.6. The molecule has 1 amide bonds. The lowest BCUT2D eigenvalue weighted by Gasteiger charge is -2.27. The van der Waals surface area contributed by atoms with Crippen molar-refractivity contribution in [1.82, 2.24) is 14.8 Å². The summed E-state index contributed by atoms with van der Waals surface area (Å²) in [7, 11) is 0. The Bertz CT molecular complexity index is 1010. The zero-order chi connectivity index (χ0) is 20.9. The Kier molecular flexibility index (Phi) is 6.59. The molecule has 1 fully saturated rings. The molecule has 8 heteroatoms. The summed E-state index contributed by atoms with van der Waals surface area (Å²) in [6.07, 6.45) is 3.56. The summed E-state index contributed by atoms with van der Waals surface area (Å²) in [5.41, 5.74) is 2.80. The fourth-order valence-electron chi connectivity index (χ4n) is 3.45. The van der Waals surface area contributed by atoms with E-state index in [0.29, 0.717) is 15.9 Å². The highest BCUT2D eigenvalue weighted by Gasteiger charge is 2.22. The number of halogens is 1. The highest BCUT2D eigenvalue weighted by atomic mass is 35.5. The number of carbonyl (C=O) groups excluding carboxylic acids is 1. The number of amides is 1. The molecule has 0 spiro atoms. The van der Waals surface area contributed by atoms with Crippen molar-refractivity contribution in [3.05, 3.63) is 59.1 Å². The van der Waals surface area contributed by atoms with Crippen LogP contribution in [-0.2, 0) is 4.79 Å². The van der Waals surface area contributed by atoms with Crippen molar-refractivity contribution in [2.75, 3.05) is 29.1 Å². The average molecular weight is 442 g/mol. The van der Waals surface area contributed by atoms with E-state index in [2.05, 4.69) is 56.2 Å². The number of nitrogens with one attached hydrogen (secondary N) is 1. The third-order valence-corrected chi connectivity index (χ3v) is 6.29. The van der Waals surface area contributed by atoms with Gasteiger partial charge in [-0.05, 0) is 50.5 Å². The summed E-state index contributed by atoms with van der Waals surface area (Å²) >= 11 is 7.51. The van der Waals surface area contributed by atoms with Gasteiger partial charge in [0.25, 0.3) is 0 Å². The molecule has 156 valence electrons. The molecule has 30 heavy (non-hydrogen) atoms. The van der Waals surface area contributed by atoms with Crippen molar-refractivity contribution in [1.29, 1.82) is 0 Å². The molecule has 2 heterocycles. The van der Waals surface area contributed by atoms with Crippen LogP contribution in [0.15, 0.2) is 53.7 Å². The van der Waals surface area contributed by atoms with E-state index in [1.54, 1.807) is 12.1 Å². The van der Waals surface area contributed by atoms with Crippen LogP contribution in [0.5, 0.6) is 0 Å². The first-order valence-corrected chi connectivity index (χ1v) is 11.4. The second-order valence-corrected chi connectivity index (χ2v) is 8.67. The van der Waals surface area contributed by atoms with Gasteiger partial charge in [-0.15, -0.1) is 10.2 Å². The van der Waals surface area contributed by atoms with Crippen molar-refractivity contribution < 1.29 is 4.79 Å². The van der Waals surface area contributed by atoms with E-state index in [1.165, 1.54) is 23.7 Å². The molecule has 1 aliphatic rings. The fourth-order valence-corrected chi connectivity index (χ4v) is 4.38. The number of nitrogens with zero attached hydrogens (tertiary/aromatic N) is 4. The van der Waals surface area contributed by atoms with Crippen LogP contribution in [0, 0.1) is 6.92 Å². The van der Waals surface area contributed by atoms with Gasteiger partial charge in [-0.1, -0.05) is 53.2 Å². The Balaban J connectivity index is 1.55. The maximum atomic E-state index is 12.5. The Morgan fingerprint density at radius 2 is 1.80 bits per heavy atom. The number of thioether (sulfide) groups is 1. The topological polar surface area (TPSA) is 63.1 Å². The highest BCUT2D eigenvalue weighted by Crippen LogP contribution is 2.29. The number of anilines is 2. The predicted octanol–water partition coefficient (Wildman–Crippen LogP) is 4.95. The Labute approximate surface area is 185 Å². The number of carbonyl (C=O) groups is 1. The molecule has 0 atom stereocenters. The van der Waals surface area contributed by atoms with Crippen LogP contribution in [-0.4, -0.2) is 39.5 Å². The van der Waals surface area contributed by atoms with Gasteiger partial charge in [0.15, 0.2) is 5.16 Å². The summed E-state index contributed by atoms with van der Waals surface area (Å²) in [5, 5.41) is 13.0. The number of hydrogen-bond acceptors (Lipinski definition) is 5. The highest BCUT2D eigenvalue weighted by molar-refractivity contribution is 7.99. The van der Waals surface area contributed by atoms with Crippen LogP contribution >= 0.6 is 23.4 Å². The number of benzene rings is 2. The molecule has 0 bridgehead atoms. The molecule has 3 aromatic rings. The van der Waals surface area contributed by atoms with Gasteiger partial charge in [-0.3, -0.25) is 9.36 Å². The zero-order valence-corrected chi connectivity index (χ0v) is 18.4. The Morgan fingerprint density at radius 3 is 2.53 bits per heavy atom. The Morgan fingerprint density at radius 1 is 1.07 bits per heavy atom. The van der Waals surface area contributed by atoms with Crippen LogP contribution in [0.1, 0.15) is 24.8 Å². The van der Waals surface area contributed by atoms with Gasteiger partial charge in [0.2, 0.25) is 11.9 Å². The lowest BCUT2D eigenvalue weighted by Crippen LogP contribution is -2.31. The molecule has 0 saturated carbocycles. The van der Waals surface area contributed by atoms with E-state index in [1.807, 2.05) is 12.1 Å². The smallest absolute Gasteiger partial charge is 0.234 e. The van der Waals surface area contributed by atoms with E-state index < -0.39 is 0 Å². The van der Waals surface area contributed by atoms with E-state index >= 15 is 0 Å². The first-order valence-electron chi connectivity index (χ1n) is 10.1. The number of aryl methyl sites for hydroxylation is 1. The minimum atomic E-state index is -0.133. The molecule has 0 aliphatic carbocycles. The standard InChI is InChI=1S/C22H24ClN5OS/c1-16-9-11-17(12-10-16)28-21(27-13-5-2-6-14-27)25-26-22(28)30-15-20(29)24-19-8-4-3-7-18(19)23/h3-4,7-12H,2,5-6,13-15H2,1H3,(H,24,29). The Hall–Kier alpha value is -2.51. The molecule has 1 aromatic heterocycles. The molecule has 2 aromatic carbocycles. The van der Waals surface area contributed by atoms with Gasteiger partial charge in [-0.2, -0.15) is 0 Å². The van der Waals surface area contributed by atoms with Crippen molar-refractivity contribution in [2.24, 2.45) is 0 Å². The number of piperidine rings is 1. The molecule has 4 rings (SSSR count). The molecular formula is C22H24ClN5OS. The lowest BCUT2D eigenvalue weighted by molar-refractivity contribution is -0.113. The summed E-state index contributed by atoms with van der Waals surface area (Å²) < 4.78 is 2.05. The molecule has 0 unspecified atom stereocenters. The number of aromatic nitrogens is 3. The third-order valence-electron chi connectivity index (χ3n) is 5.03. The van der Waals surface area contributed by atoms with Crippen LogP contribution in [0.25, 0.3) is 5.69 Å². The molecule has 6 nitrogen and oxygen atoms in total. The maximum absolute atomic E-state index is 12.5. The van der Waals surface area contributed by atoms with Crippen molar-refractivity contribution in [2.45, 2.75) is 31.3 Å². The summed E-state index contributed by atoms with van der Waals surface area (Å²) in [6, 6.07) is 15.5. The largest absolute Gasteiger partial charge is 0.341 e. The van der Waals surface area contributed by atoms with Gasteiger partial charge in [0.05, 0.1) is 22.2 Å². The number of para-hydroxylation sites is 1. The molecule has 1 N–H and O–H groups in total. The van der Waals surface area contributed by atoms with Crippen LogP contribution in [0.3, 0.4) is 0 Å². The number of rotatable bonds is 6. The van der Waals surface area contributed by atoms with E-state index in [4.69, 9.17) is 11.6 Å². The first kappa shape index (κ1) is 20.8. The lowest BCUT2D eigenvalue weighted by atomic mass is 10.1. The average Bonchev–Trinajstić information content (AvgIpc) is 3.19. The zero-order valence-electron chi connectivity index (χ0n) is 16.8. The predicted molar refractivity (Wildman–Crippen MR) is 123 cm³/mol. The van der Waals surface area contributed by atoms with Gasteiger partial charge in [0, 0.05) is 13.1 Å². The van der Waals surface area contributed by atoms with Gasteiger partial charge in [0.1, 0.15) is 0 Å². The van der Waals surface area contributed by atoms with E-state index in [0.717, 1.165) is 37.6 Å². The SMILES string of the molecule is Cc1ccc(-n2c(SCC(=O)Nc3ccccc3Cl)nnc2N2CCCCC2)cc1. The minimum Gasteiger partial charge on any atom is -0.341 e. The summed E-state index contributed by atoms with van der Waals surface area (Å²) in [4.78, 5) is 14.8. The molecular weight excluding hydrogens is 418 g/mol. The normalized spacial score (nSPS) is 14.0. The van der Waals surface area contributed by atoms with Gasteiger partial charge < -0.3 is 10.2 Å². The van der Waals surface area contributed by atoms with Gasteiger partial charge in [-0.25, -0.2) is 0 Å². The summed E-state index contributed by atoms with van der Waals surface area (Å²) in [6.45, 7) is 4.01. The maximum Gasteiger partial charge on any atom is 0.234 e. The fraction of sp³-hybridized carbons (Fsp3) is 0.318. The van der Waals surface area contributed by atoms with Crippen LogP contribution in [0.2, 0.25) is 5.02 Å². The third kappa shape index (κ3) is 4.79. The van der Waals surface area contributed by atoms with Crippen LogP contribution < -0.4 is 10.2 Å². The van der Waals surface area contributed by atoms with E-state index in [9.17, 15) is 4.79 Å². The second kappa shape index (κ2) is 9.53. The monoisotopic (exact) mass is 441 g/mol. The minimum absolute atomic E-state index is 0.133. The molecule has 1 saturated heterocycles. The second-order valence-electron chi connectivity index (χ2n) is 7.32. The molecule has 1 aliphatic heterocycles. The van der Waals surface area contributed by atoms with Crippen molar-refractivity contribution >= 4 is 40.9 Å². The van der Waals surface area contributed by atoms with Crippen molar-refractivity contribution in [3.8, 4) is 5.69 Å². The summed E-state index contributed by atoms with van der Waals surface area (Å²) in [5.74, 6) is 0.925. The van der Waals surface area contributed by atoms with E-state index in [-0.39, 0.29) is 11.7 Å². The van der Waals surface area contributed by atoms with Gasteiger partial charge >= 0.3 is 0 Å². The van der Waals surface area contributed by atoms with Crippen LogP contribution in [0.4, 0.5) is 11.6 Å². The number of hydrogen-bond donors (Lipinski definition) is 1. The quantitative estimate of drug-likeness (QED) is 0.548.